The molecule has 2 aromatic heterocycles. The fourth-order valence-corrected chi connectivity index (χ4v) is 3.69. The Morgan fingerprint density at radius 1 is 1.42 bits per heavy atom. The predicted molar refractivity (Wildman–Crippen MR) is 107 cm³/mol. The number of ether oxygens (including phenoxy) is 1. The van der Waals surface area contributed by atoms with Crippen LogP contribution in [-0.2, 0) is 11.8 Å². The molecule has 5 nitrogen and oxygen atoms in total. The highest BCUT2D eigenvalue weighted by Gasteiger charge is 2.20. The minimum Gasteiger partial charge on any atom is -0.497 e. The second kappa shape index (κ2) is 8.33. The Kier molecular flexibility index (Phi) is 5.90. The van der Waals surface area contributed by atoms with Crippen molar-refractivity contribution >= 4 is 39.2 Å². The Balaban J connectivity index is 1.85. The van der Waals surface area contributed by atoms with Gasteiger partial charge < -0.3 is 14.6 Å². The van der Waals surface area contributed by atoms with Crippen molar-refractivity contribution in [3.63, 3.8) is 0 Å². The highest BCUT2D eigenvalue weighted by Crippen LogP contribution is 2.24. The van der Waals surface area contributed by atoms with Crippen LogP contribution in [-0.4, -0.2) is 22.6 Å². The molecule has 0 fully saturated rings. The average Bonchev–Trinajstić information content (AvgIpc) is 3.26. The number of imidazole rings is 1. The number of rotatable bonds is 6. The maximum absolute atomic E-state index is 12.5. The van der Waals surface area contributed by atoms with E-state index in [-0.39, 0.29) is 11.9 Å². The van der Waals surface area contributed by atoms with Crippen LogP contribution < -0.4 is 10.1 Å². The molecule has 0 bridgehead atoms. The zero-order valence-electron chi connectivity index (χ0n) is 14.3. The second-order valence-electron chi connectivity index (χ2n) is 5.63. The van der Waals surface area contributed by atoms with Crippen molar-refractivity contribution in [2.45, 2.75) is 6.04 Å². The minimum atomic E-state index is -0.378. The molecule has 0 radical (unpaired) electrons. The maximum Gasteiger partial charge on any atom is 0.244 e. The number of nitrogens with zero attached hydrogens (tertiary/aromatic N) is 2. The van der Waals surface area contributed by atoms with Gasteiger partial charge in [0.25, 0.3) is 0 Å². The van der Waals surface area contributed by atoms with E-state index in [0.717, 1.165) is 26.5 Å². The lowest BCUT2D eigenvalue weighted by Crippen LogP contribution is -2.29. The maximum atomic E-state index is 12.5. The summed E-state index contributed by atoms with van der Waals surface area (Å²) in [6.45, 7) is 0. The van der Waals surface area contributed by atoms with Crippen LogP contribution in [0.5, 0.6) is 5.75 Å². The topological polar surface area (TPSA) is 56.1 Å². The van der Waals surface area contributed by atoms with Gasteiger partial charge in [0.05, 0.1) is 10.9 Å². The van der Waals surface area contributed by atoms with E-state index in [1.165, 1.54) is 6.08 Å². The van der Waals surface area contributed by atoms with Gasteiger partial charge in [0.2, 0.25) is 5.91 Å². The molecule has 0 spiro atoms. The van der Waals surface area contributed by atoms with Crippen molar-refractivity contribution < 1.29 is 9.53 Å². The Hall–Kier alpha value is -2.38. The molecule has 1 amide bonds. The average molecular weight is 432 g/mol. The van der Waals surface area contributed by atoms with E-state index in [1.54, 1.807) is 30.7 Å². The third-order valence-corrected chi connectivity index (χ3v) is 5.37. The molecule has 26 heavy (non-hydrogen) atoms. The summed E-state index contributed by atoms with van der Waals surface area (Å²) in [7, 11) is 3.52. The molecular weight excluding hydrogens is 414 g/mol. The first-order chi connectivity index (χ1) is 12.6. The van der Waals surface area contributed by atoms with Gasteiger partial charge in [0.15, 0.2) is 0 Å². The van der Waals surface area contributed by atoms with E-state index in [1.807, 2.05) is 53.5 Å². The molecule has 0 saturated heterocycles. The van der Waals surface area contributed by atoms with Crippen molar-refractivity contribution in [1.82, 2.24) is 14.9 Å². The highest BCUT2D eigenvalue weighted by atomic mass is 79.9. The van der Waals surface area contributed by atoms with Gasteiger partial charge in [-0.3, -0.25) is 4.79 Å². The fourth-order valence-electron chi connectivity index (χ4n) is 2.55. The van der Waals surface area contributed by atoms with Crippen LogP contribution in [0.4, 0.5) is 0 Å². The first-order valence-corrected chi connectivity index (χ1v) is 9.58. The minimum absolute atomic E-state index is 0.192. The van der Waals surface area contributed by atoms with Crippen LogP contribution in [0.25, 0.3) is 6.08 Å². The molecule has 0 aliphatic rings. The van der Waals surface area contributed by atoms with E-state index in [0.29, 0.717) is 0 Å². The van der Waals surface area contributed by atoms with Crippen molar-refractivity contribution in [3.8, 4) is 5.75 Å². The van der Waals surface area contributed by atoms with Crippen LogP contribution >= 0.6 is 27.3 Å². The van der Waals surface area contributed by atoms with E-state index in [4.69, 9.17) is 4.74 Å². The van der Waals surface area contributed by atoms with Gasteiger partial charge in [-0.05, 0) is 56.7 Å². The SMILES string of the molecule is COc1cccc(C(NC(=O)/C=C/c2csc(Br)c2)c2nccn2C)c1. The van der Waals surface area contributed by atoms with Crippen LogP contribution in [0.3, 0.4) is 0 Å². The number of methoxy groups -OCH3 is 1. The highest BCUT2D eigenvalue weighted by molar-refractivity contribution is 9.11. The Morgan fingerprint density at radius 2 is 2.27 bits per heavy atom. The Morgan fingerprint density at radius 3 is 2.92 bits per heavy atom. The molecule has 0 aliphatic carbocycles. The summed E-state index contributed by atoms with van der Waals surface area (Å²) in [6, 6.07) is 9.20. The molecule has 1 atom stereocenters. The number of amides is 1. The number of aryl methyl sites for hydroxylation is 1. The van der Waals surface area contributed by atoms with Gasteiger partial charge in [-0.15, -0.1) is 11.3 Å². The summed E-state index contributed by atoms with van der Waals surface area (Å²) >= 11 is 5.00. The quantitative estimate of drug-likeness (QED) is 0.595. The Labute approximate surface area is 164 Å². The zero-order valence-corrected chi connectivity index (χ0v) is 16.8. The molecule has 0 aliphatic heterocycles. The Bertz CT molecular complexity index is 932. The van der Waals surface area contributed by atoms with Crippen LogP contribution in [0.2, 0.25) is 0 Å². The molecule has 1 aromatic carbocycles. The lowest BCUT2D eigenvalue weighted by Gasteiger charge is -2.19. The van der Waals surface area contributed by atoms with Crippen molar-refractivity contribution in [3.05, 3.63) is 74.9 Å². The molecule has 134 valence electrons. The van der Waals surface area contributed by atoms with Crippen molar-refractivity contribution in [2.75, 3.05) is 7.11 Å². The summed E-state index contributed by atoms with van der Waals surface area (Å²) in [4.78, 5) is 16.9. The molecule has 3 rings (SSSR count). The van der Waals surface area contributed by atoms with Crippen molar-refractivity contribution in [2.24, 2.45) is 7.05 Å². The number of thiophene rings is 1. The van der Waals surface area contributed by atoms with Gasteiger partial charge in [-0.25, -0.2) is 4.98 Å². The number of halogens is 1. The predicted octanol–water partition coefficient (Wildman–Crippen LogP) is 4.17. The largest absolute Gasteiger partial charge is 0.497 e. The lowest BCUT2D eigenvalue weighted by atomic mass is 10.1. The summed E-state index contributed by atoms with van der Waals surface area (Å²) in [5.74, 6) is 1.29. The molecule has 3 aromatic rings. The number of hydrogen-bond donors (Lipinski definition) is 1. The third-order valence-electron chi connectivity index (χ3n) is 3.85. The van der Waals surface area contributed by atoms with Crippen LogP contribution in [0.1, 0.15) is 23.0 Å². The lowest BCUT2D eigenvalue weighted by molar-refractivity contribution is -0.117. The van der Waals surface area contributed by atoms with Gasteiger partial charge in [-0.2, -0.15) is 0 Å². The van der Waals surface area contributed by atoms with Gasteiger partial charge >= 0.3 is 0 Å². The van der Waals surface area contributed by atoms with E-state index in [2.05, 4.69) is 26.2 Å². The normalized spacial score (nSPS) is 12.3. The van der Waals surface area contributed by atoms with E-state index < -0.39 is 0 Å². The molecule has 2 heterocycles. The number of carbonyl (C=O) groups is 1. The number of hydrogen-bond acceptors (Lipinski definition) is 4. The summed E-state index contributed by atoms with van der Waals surface area (Å²) in [6.07, 6.45) is 6.89. The number of benzene rings is 1. The fraction of sp³-hybridized carbons (Fsp3) is 0.158. The number of aromatic nitrogens is 2. The first-order valence-electron chi connectivity index (χ1n) is 7.90. The summed E-state index contributed by atoms with van der Waals surface area (Å²) < 4.78 is 8.23. The van der Waals surface area contributed by atoms with Crippen molar-refractivity contribution in [1.29, 1.82) is 0 Å². The smallest absolute Gasteiger partial charge is 0.244 e. The van der Waals surface area contributed by atoms with Gasteiger partial charge in [0, 0.05) is 25.5 Å². The van der Waals surface area contributed by atoms with E-state index in [9.17, 15) is 4.79 Å². The molecule has 1 N–H and O–H groups in total. The molecule has 0 saturated carbocycles. The molecule has 7 heteroatoms. The molecular formula is C19H18BrN3O2S. The number of carbonyl (C=O) groups excluding carboxylic acids is 1. The monoisotopic (exact) mass is 431 g/mol. The first kappa shape index (κ1) is 18.4. The molecule has 1 unspecified atom stereocenters. The summed E-state index contributed by atoms with van der Waals surface area (Å²) in [5.41, 5.74) is 1.88. The van der Waals surface area contributed by atoms with Gasteiger partial charge in [0.1, 0.15) is 17.6 Å². The van der Waals surface area contributed by atoms with Crippen LogP contribution in [0, 0.1) is 0 Å². The van der Waals surface area contributed by atoms with Gasteiger partial charge in [-0.1, -0.05) is 12.1 Å². The van der Waals surface area contributed by atoms with E-state index >= 15 is 0 Å². The third kappa shape index (κ3) is 4.42. The summed E-state index contributed by atoms with van der Waals surface area (Å²) in [5, 5.41) is 5.01. The standard InChI is InChI=1S/C19H18BrN3O2S/c1-23-9-8-21-19(23)18(14-4-3-5-15(11-14)25-2)22-17(24)7-6-13-10-16(20)26-12-13/h3-12,18H,1-2H3,(H,22,24)/b7-6+. The number of nitrogens with one attached hydrogen (secondary N) is 1. The zero-order chi connectivity index (χ0) is 18.5. The van der Waals surface area contributed by atoms with Crippen LogP contribution in [0.15, 0.2) is 58.0 Å². The second-order valence-corrected chi connectivity index (χ2v) is 7.92.